The summed E-state index contributed by atoms with van der Waals surface area (Å²) in [5.41, 5.74) is 1.10. The zero-order chi connectivity index (χ0) is 13.8. The lowest BCUT2D eigenvalue weighted by atomic mass is 10.0. The number of rotatable bonds is 5. The first-order valence-electron chi connectivity index (χ1n) is 6.02. The van der Waals surface area contributed by atoms with E-state index in [1.54, 1.807) is 11.3 Å². The molecular formula is C14H14Br2FNS. The van der Waals surface area contributed by atoms with Crippen molar-refractivity contribution in [3.8, 4) is 0 Å². The van der Waals surface area contributed by atoms with E-state index in [-0.39, 0.29) is 11.9 Å². The lowest BCUT2D eigenvalue weighted by molar-refractivity contribution is 0.554. The molecule has 1 N–H and O–H groups in total. The molecule has 1 aromatic carbocycles. The summed E-state index contributed by atoms with van der Waals surface area (Å²) in [6.07, 6.45) is 0.827. The third-order valence-corrected chi connectivity index (χ3v) is 5.57. The van der Waals surface area contributed by atoms with Crippen LogP contribution in [0.4, 0.5) is 4.39 Å². The first-order chi connectivity index (χ1) is 9.11. The average molecular weight is 407 g/mol. The van der Waals surface area contributed by atoms with Crippen molar-refractivity contribution in [2.24, 2.45) is 0 Å². The molecule has 0 aliphatic rings. The number of likely N-dealkylation sites (N-methyl/N-ethyl adjacent to an activating group) is 1. The van der Waals surface area contributed by atoms with Gasteiger partial charge in [0.25, 0.3) is 0 Å². The Kier molecular flexibility index (Phi) is 5.57. The Labute approximate surface area is 133 Å². The second-order valence-corrected chi connectivity index (χ2v) is 6.84. The van der Waals surface area contributed by atoms with Gasteiger partial charge in [0, 0.05) is 19.9 Å². The van der Waals surface area contributed by atoms with Crippen LogP contribution in [0.3, 0.4) is 0 Å². The van der Waals surface area contributed by atoms with E-state index < -0.39 is 0 Å². The number of thiophene rings is 1. The van der Waals surface area contributed by atoms with Gasteiger partial charge in [0.15, 0.2) is 0 Å². The normalized spacial score (nSPS) is 12.6. The van der Waals surface area contributed by atoms with Crippen LogP contribution in [0.5, 0.6) is 0 Å². The van der Waals surface area contributed by atoms with Crippen LogP contribution in [0.15, 0.2) is 38.6 Å². The van der Waals surface area contributed by atoms with Gasteiger partial charge in [-0.15, -0.1) is 11.3 Å². The van der Waals surface area contributed by atoms with E-state index in [0.717, 1.165) is 27.5 Å². The molecule has 19 heavy (non-hydrogen) atoms. The summed E-state index contributed by atoms with van der Waals surface area (Å²) in [5.74, 6) is -0.215. The number of benzene rings is 1. The average Bonchev–Trinajstić information content (AvgIpc) is 2.78. The van der Waals surface area contributed by atoms with Crippen LogP contribution in [-0.2, 0) is 6.42 Å². The standard InChI is InChI=1S/C14H14Br2FNS/c1-2-18-13(14-11(15)5-6-19-14)7-9-3-4-10(17)8-12(9)16/h3-6,8,13,18H,2,7H2,1H3. The quantitative estimate of drug-likeness (QED) is 0.709. The number of hydrogen-bond donors (Lipinski definition) is 1. The van der Waals surface area contributed by atoms with Gasteiger partial charge in [-0.2, -0.15) is 0 Å². The van der Waals surface area contributed by atoms with Crippen molar-refractivity contribution in [2.75, 3.05) is 6.54 Å². The van der Waals surface area contributed by atoms with Crippen molar-refractivity contribution in [1.29, 1.82) is 0 Å². The Balaban J connectivity index is 2.24. The van der Waals surface area contributed by atoms with Crippen LogP contribution in [0, 0.1) is 5.82 Å². The topological polar surface area (TPSA) is 12.0 Å². The van der Waals surface area contributed by atoms with Gasteiger partial charge in [0.05, 0.1) is 0 Å². The minimum absolute atomic E-state index is 0.215. The summed E-state index contributed by atoms with van der Waals surface area (Å²) in [6.45, 7) is 2.99. The van der Waals surface area contributed by atoms with Crippen molar-refractivity contribution in [2.45, 2.75) is 19.4 Å². The maximum Gasteiger partial charge on any atom is 0.124 e. The molecule has 0 fully saturated rings. The fourth-order valence-corrected chi connectivity index (χ4v) is 4.20. The van der Waals surface area contributed by atoms with Gasteiger partial charge in [0.2, 0.25) is 0 Å². The second kappa shape index (κ2) is 6.97. The molecule has 0 aliphatic heterocycles. The van der Waals surface area contributed by atoms with Crippen molar-refractivity contribution >= 4 is 43.2 Å². The Morgan fingerprint density at radius 3 is 2.63 bits per heavy atom. The molecule has 0 spiro atoms. The van der Waals surface area contributed by atoms with Crippen molar-refractivity contribution in [3.05, 3.63) is 54.8 Å². The Morgan fingerprint density at radius 2 is 2.05 bits per heavy atom. The van der Waals surface area contributed by atoms with Crippen molar-refractivity contribution < 1.29 is 4.39 Å². The summed E-state index contributed by atoms with van der Waals surface area (Å²) >= 11 is 8.74. The molecule has 0 saturated carbocycles. The fourth-order valence-electron chi connectivity index (χ4n) is 1.97. The molecule has 1 heterocycles. The van der Waals surface area contributed by atoms with Gasteiger partial charge in [0.1, 0.15) is 5.82 Å². The molecule has 0 amide bonds. The van der Waals surface area contributed by atoms with Gasteiger partial charge in [-0.1, -0.05) is 28.9 Å². The zero-order valence-electron chi connectivity index (χ0n) is 10.4. The largest absolute Gasteiger partial charge is 0.309 e. The van der Waals surface area contributed by atoms with E-state index in [4.69, 9.17) is 0 Å². The van der Waals surface area contributed by atoms with Crippen LogP contribution in [0.2, 0.25) is 0 Å². The predicted octanol–water partition coefficient (Wildman–Crippen LogP) is 5.31. The molecular weight excluding hydrogens is 393 g/mol. The van der Waals surface area contributed by atoms with E-state index in [9.17, 15) is 4.39 Å². The summed E-state index contributed by atoms with van der Waals surface area (Å²) in [4.78, 5) is 1.28. The number of hydrogen-bond acceptors (Lipinski definition) is 2. The van der Waals surface area contributed by atoms with Crippen LogP contribution in [-0.4, -0.2) is 6.54 Å². The maximum absolute atomic E-state index is 13.1. The highest BCUT2D eigenvalue weighted by Crippen LogP contribution is 2.32. The van der Waals surface area contributed by atoms with E-state index >= 15 is 0 Å². The zero-order valence-corrected chi connectivity index (χ0v) is 14.4. The maximum atomic E-state index is 13.1. The first-order valence-corrected chi connectivity index (χ1v) is 8.48. The van der Waals surface area contributed by atoms with Crippen LogP contribution >= 0.6 is 43.2 Å². The minimum Gasteiger partial charge on any atom is -0.309 e. The highest BCUT2D eigenvalue weighted by molar-refractivity contribution is 9.10. The van der Waals surface area contributed by atoms with Gasteiger partial charge < -0.3 is 5.32 Å². The van der Waals surface area contributed by atoms with Crippen LogP contribution in [0.1, 0.15) is 23.4 Å². The van der Waals surface area contributed by atoms with E-state index in [1.165, 1.54) is 17.0 Å². The molecule has 2 rings (SSSR count). The molecule has 5 heteroatoms. The highest BCUT2D eigenvalue weighted by Gasteiger charge is 2.17. The summed E-state index contributed by atoms with van der Waals surface area (Å²) < 4.78 is 15.1. The minimum atomic E-state index is -0.215. The number of halogens is 3. The molecule has 1 atom stereocenters. The first kappa shape index (κ1) is 15.2. The lowest BCUT2D eigenvalue weighted by Gasteiger charge is -2.18. The monoisotopic (exact) mass is 405 g/mol. The third kappa shape index (κ3) is 3.88. The highest BCUT2D eigenvalue weighted by atomic mass is 79.9. The van der Waals surface area contributed by atoms with Gasteiger partial charge in [-0.25, -0.2) is 4.39 Å². The third-order valence-electron chi connectivity index (χ3n) is 2.85. The Bertz CT molecular complexity index is 556. The SMILES string of the molecule is CCNC(Cc1ccc(F)cc1Br)c1sccc1Br. The molecule has 0 aliphatic carbocycles. The van der Waals surface area contributed by atoms with E-state index in [0.29, 0.717) is 0 Å². The summed E-state index contributed by atoms with van der Waals surface area (Å²) in [6, 6.07) is 7.16. The van der Waals surface area contributed by atoms with Crippen LogP contribution in [0.25, 0.3) is 0 Å². The predicted molar refractivity (Wildman–Crippen MR) is 86.2 cm³/mol. The van der Waals surface area contributed by atoms with Crippen LogP contribution < -0.4 is 5.32 Å². The molecule has 2 aromatic rings. The molecule has 102 valence electrons. The lowest BCUT2D eigenvalue weighted by Crippen LogP contribution is -2.22. The Morgan fingerprint density at radius 1 is 1.26 bits per heavy atom. The number of nitrogens with one attached hydrogen (secondary N) is 1. The van der Waals surface area contributed by atoms with Crippen molar-refractivity contribution in [3.63, 3.8) is 0 Å². The fraction of sp³-hybridized carbons (Fsp3) is 0.286. The van der Waals surface area contributed by atoms with Crippen molar-refractivity contribution in [1.82, 2.24) is 5.32 Å². The molecule has 0 bridgehead atoms. The molecule has 1 nitrogen and oxygen atoms in total. The molecule has 0 saturated heterocycles. The van der Waals surface area contributed by atoms with E-state index in [2.05, 4.69) is 55.5 Å². The Hall–Kier alpha value is -0.230. The molecule has 1 unspecified atom stereocenters. The summed E-state index contributed by atoms with van der Waals surface area (Å²) in [5, 5.41) is 5.55. The second-order valence-electron chi connectivity index (χ2n) is 4.18. The van der Waals surface area contributed by atoms with Gasteiger partial charge in [-0.3, -0.25) is 0 Å². The smallest absolute Gasteiger partial charge is 0.124 e. The summed E-state index contributed by atoms with van der Waals surface area (Å²) in [7, 11) is 0. The molecule has 1 aromatic heterocycles. The van der Waals surface area contributed by atoms with Gasteiger partial charge in [-0.05, 0) is 58.0 Å². The molecule has 0 radical (unpaired) electrons. The van der Waals surface area contributed by atoms with Gasteiger partial charge >= 0.3 is 0 Å². The van der Waals surface area contributed by atoms with E-state index in [1.807, 2.05) is 6.07 Å².